The van der Waals surface area contributed by atoms with Crippen LogP contribution in [0.25, 0.3) is 0 Å². The zero-order chi connectivity index (χ0) is 30.9. The molecule has 1 saturated heterocycles. The zero-order valence-electron chi connectivity index (χ0n) is 26.8. The Morgan fingerprint density at radius 3 is 2.52 bits per heavy atom. The van der Waals surface area contributed by atoms with E-state index >= 15 is 0 Å². The van der Waals surface area contributed by atoms with Crippen LogP contribution >= 0.6 is 0 Å². The molecule has 44 heavy (non-hydrogen) atoms. The van der Waals surface area contributed by atoms with Crippen LogP contribution in [0.1, 0.15) is 95.8 Å². The maximum atomic E-state index is 13.0. The van der Waals surface area contributed by atoms with Crippen LogP contribution in [-0.4, -0.2) is 54.4 Å². The summed E-state index contributed by atoms with van der Waals surface area (Å²) in [5.41, 5.74) is 0.467. The first-order valence-corrected chi connectivity index (χ1v) is 17.2. The SMILES string of the molecule is C[C@H]1[C@H](OC(=O)c2ccccc2)C(OC2CC[C@]3(C)C4CC[C@]5(C)[C@@H](C6=CCOC6=O)CC[C@]5(O)C4CC[C@@H]3C2)OC[C@@H]1C. The first-order valence-electron chi connectivity index (χ1n) is 17.2. The summed E-state index contributed by atoms with van der Waals surface area (Å²) in [5.74, 6) is 1.21. The van der Waals surface area contributed by atoms with Crippen LogP contribution < -0.4 is 0 Å². The molecule has 2 heterocycles. The van der Waals surface area contributed by atoms with E-state index in [1.54, 1.807) is 12.1 Å². The van der Waals surface area contributed by atoms with Gasteiger partial charge in [-0.05, 0) is 111 Å². The highest BCUT2D eigenvalue weighted by Gasteiger charge is 2.68. The van der Waals surface area contributed by atoms with Crippen molar-refractivity contribution in [1.82, 2.24) is 0 Å². The Bertz CT molecular complexity index is 1290. The molecule has 0 bridgehead atoms. The summed E-state index contributed by atoms with van der Waals surface area (Å²) in [7, 11) is 0. The van der Waals surface area contributed by atoms with Crippen LogP contribution in [0.5, 0.6) is 0 Å². The van der Waals surface area contributed by atoms with E-state index in [-0.39, 0.29) is 52.5 Å². The van der Waals surface area contributed by atoms with E-state index in [0.29, 0.717) is 30.6 Å². The largest absolute Gasteiger partial charge is 0.458 e. The zero-order valence-corrected chi connectivity index (χ0v) is 26.8. The molecule has 4 unspecified atom stereocenters. The molecule has 7 rings (SSSR count). The Labute approximate surface area is 262 Å². The van der Waals surface area contributed by atoms with Crippen molar-refractivity contribution in [2.75, 3.05) is 13.2 Å². The van der Waals surface area contributed by atoms with Crippen molar-refractivity contribution >= 4 is 11.9 Å². The van der Waals surface area contributed by atoms with Gasteiger partial charge in [-0.1, -0.05) is 45.9 Å². The Morgan fingerprint density at radius 2 is 1.77 bits per heavy atom. The normalized spacial score (nSPS) is 46.7. The quantitative estimate of drug-likeness (QED) is 0.303. The first kappa shape index (κ1) is 30.4. The van der Waals surface area contributed by atoms with Crippen molar-refractivity contribution in [1.29, 1.82) is 0 Å². The fourth-order valence-corrected chi connectivity index (χ4v) is 10.8. The Kier molecular flexibility index (Phi) is 7.77. The molecule has 2 aliphatic heterocycles. The van der Waals surface area contributed by atoms with Crippen LogP contribution in [0.15, 0.2) is 42.0 Å². The molecule has 4 aliphatic carbocycles. The summed E-state index contributed by atoms with van der Waals surface area (Å²) in [4.78, 5) is 25.6. The summed E-state index contributed by atoms with van der Waals surface area (Å²) in [6.07, 6.45) is 9.74. The van der Waals surface area contributed by atoms with Crippen molar-refractivity contribution in [2.24, 2.45) is 46.3 Å². The first-order chi connectivity index (χ1) is 21.0. The van der Waals surface area contributed by atoms with Crippen molar-refractivity contribution < 1.29 is 33.6 Å². The number of carbonyl (C=O) groups is 2. The molecular formula is C37H50O7. The van der Waals surface area contributed by atoms with E-state index in [4.69, 9.17) is 18.9 Å². The molecular weight excluding hydrogens is 556 g/mol. The lowest BCUT2D eigenvalue weighted by atomic mass is 9.43. The number of benzene rings is 1. The summed E-state index contributed by atoms with van der Waals surface area (Å²) in [6.45, 7) is 9.96. The Morgan fingerprint density at radius 1 is 0.977 bits per heavy atom. The lowest BCUT2D eigenvalue weighted by Crippen LogP contribution is -2.62. The summed E-state index contributed by atoms with van der Waals surface area (Å²) in [6, 6.07) is 9.15. The van der Waals surface area contributed by atoms with Crippen LogP contribution in [0.4, 0.5) is 0 Å². The third-order valence-corrected chi connectivity index (χ3v) is 13.7. The van der Waals surface area contributed by atoms with Gasteiger partial charge in [0.15, 0.2) is 12.4 Å². The van der Waals surface area contributed by atoms with Gasteiger partial charge in [-0.2, -0.15) is 0 Å². The minimum Gasteiger partial charge on any atom is -0.458 e. The van der Waals surface area contributed by atoms with Crippen LogP contribution in [-0.2, 0) is 23.7 Å². The molecule has 0 amide bonds. The van der Waals surface area contributed by atoms with E-state index in [2.05, 4.69) is 27.7 Å². The molecule has 7 heteroatoms. The number of esters is 2. The smallest absolute Gasteiger partial charge is 0.338 e. The molecule has 6 aliphatic rings. The van der Waals surface area contributed by atoms with Gasteiger partial charge >= 0.3 is 11.9 Å². The predicted molar refractivity (Wildman–Crippen MR) is 164 cm³/mol. The highest BCUT2D eigenvalue weighted by Crippen LogP contribution is 2.70. The van der Waals surface area contributed by atoms with Gasteiger partial charge in [0, 0.05) is 16.9 Å². The second-order valence-corrected chi connectivity index (χ2v) is 15.5. The number of aliphatic hydroxyl groups is 1. The average molecular weight is 607 g/mol. The number of hydrogen-bond acceptors (Lipinski definition) is 7. The highest BCUT2D eigenvalue weighted by atomic mass is 16.7. The van der Waals surface area contributed by atoms with Crippen molar-refractivity contribution in [2.45, 2.75) is 110 Å². The predicted octanol–water partition coefficient (Wildman–Crippen LogP) is 6.48. The number of hydrogen-bond donors (Lipinski definition) is 1. The molecule has 0 radical (unpaired) electrons. The lowest BCUT2D eigenvalue weighted by molar-refractivity contribution is -0.271. The van der Waals surface area contributed by atoms with E-state index in [9.17, 15) is 14.7 Å². The molecule has 12 atom stereocenters. The monoisotopic (exact) mass is 606 g/mol. The Hall–Kier alpha value is -2.22. The molecule has 1 aromatic carbocycles. The van der Waals surface area contributed by atoms with Crippen molar-refractivity contribution in [3.05, 3.63) is 47.5 Å². The molecule has 5 fully saturated rings. The van der Waals surface area contributed by atoms with Crippen LogP contribution in [0, 0.1) is 46.3 Å². The summed E-state index contributed by atoms with van der Waals surface area (Å²) >= 11 is 0. The third-order valence-electron chi connectivity index (χ3n) is 13.7. The van der Waals surface area contributed by atoms with Crippen molar-refractivity contribution in [3.8, 4) is 0 Å². The number of rotatable bonds is 5. The minimum absolute atomic E-state index is 0.0567. The van der Waals surface area contributed by atoms with Gasteiger partial charge in [0.05, 0.1) is 23.9 Å². The lowest BCUT2D eigenvalue weighted by Gasteiger charge is -2.63. The molecule has 1 aromatic rings. The molecule has 1 N–H and O–H groups in total. The molecule has 0 spiro atoms. The van der Waals surface area contributed by atoms with Gasteiger partial charge < -0.3 is 24.1 Å². The minimum atomic E-state index is -0.746. The summed E-state index contributed by atoms with van der Waals surface area (Å²) < 4.78 is 24.3. The van der Waals surface area contributed by atoms with Crippen LogP contribution in [0.2, 0.25) is 0 Å². The summed E-state index contributed by atoms with van der Waals surface area (Å²) in [5, 5.41) is 12.5. The average Bonchev–Trinajstić information content (AvgIpc) is 3.56. The van der Waals surface area contributed by atoms with E-state index in [1.165, 1.54) is 0 Å². The second-order valence-electron chi connectivity index (χ2n) is 15.5. The van der Waals surface area contributed by atoms with E-state index < -0.39 is 18.0 Å². The number of cyclic esters (lactones) is 1. The molecule has 240 valence electrons. The highest BCUT2D eigenvalue weighted by molar-refractivity contribution is 5.91. The second kappa shape index (κ2) is 11.2. The molecule has 4 saturated carbocycles. The van der Waals surface area contributed by atoms with Crippen LogP contribution in [0.3, 0.4) is 0 Å². The van der Waals surface area contributed by atoms with E-state index in [1.807, 2.05) is 24.3 Å². The fraction of sp³-hybridized carbons (Fsp3) is 0.730. The fourth-order valence-electron chi connectivity index (χ4n) is 10.8. The van der Waals surface area contributed by atoms with Gasteiger partial charge in [-0.3, -0.25) is 0 Å². The van der Waals surface area contributed by atoms with Gasteiger partial charge in [-0.25, -0.2) is 9.59 Å². The van der Waals surface area contributed by atoms with Crippen molar-refractivity contribution in [3.63, 3.8) is 0 Å². The molecule has 0 aromatic heterocycles. The maximum Gasteiger partial charge on any atom is 0.338 e. The van der Waals surface area contributed by atoms with Gasteiger partial charge in [-0.15, -0.1) is 0 Å². The van der Waals surface area contributed by atoms with Gasteiger partial charge in [0.1, 0.15) is 6.61 Å². The topological polar surface area (TPSA) is 91.3 Å². The van der Waals surface area contributed by atoms with Gasteiger partial charge in [0.2, 0.25) is 0 Å². The number of carbonyl (C=O) groups excluding carboxylic acids is 2. The van der Waals surface area contributed by atoms with Gasteiger partial charge in [0.25, 0.3) is 0 Å². The maximum absolute atomic E-state index is 13.0. The standard InChI is InChI=1S/C37H50O7/c1-22-21-42-34(31(23(22)2)44-32(38)24-8-6-5-7-9-24)43-26-12-16-35(3)25(20-26)10-11-30-29(35)13-17-36(4)28(14-18-37(30,36)40)27-15-19-41-33(27)39/h5-9,15,22-23,25-26,28-31,34,40H,10-14,16-21H2,1-4H3/t22-,23+,25+,26?,28+,29?,30?,31-,34?,35-,36+,37-/m0/s1. The molecule has 7 nitrogen and oxygen atoms in total. The van der Waals surface area contributed by atoms with E-state index in [0.717, 1.165) is 63.4 Å². The number of ether oxygens (including phenoxy) is 4. The Balaban J connectivity index is 1.04. The third kappa shape index (κ3) is 4.70. The number of fused-ring (bicyclic) bond motifs is 5.